The predicted molar refractivity (Wildman–Crippen MR) is 117 cm³/mol. The van der Waals surface area contributed by atoms with E-state index in [0.717, 1.165) is 37.6 Å². The van der Waals surface area contributed by atoms with Gasteiger partial charge in [0.1, 0.15) is 0 Å². The molecule has 0 radical (unpaired) electrons. The third-order valence-electron chi connectivity index (χ3n) is 5.12. The summed E-state index contributed by atoms with van der Waals surface area (Å²) in [5, 5.41) is 3.45. The Kier molecular flexibility index (Phi) is 8.00. The van der Waals surface area contributed by atoms with Gasteiger partial charge in [0.05, 0.1) is 0 Å². The van der Waals surface area contributed by atoms with Gasteiger partial charge in [0.2, 0.25) is 0 Å². The van der Waals surface area contributed by atoms with Gasteiger partial charge in [0.25, 0.3) is 0 Å². The number of guanidine groups is 1. The number of hydrogen-bond donors (Lipinski definition) is 1. The fraction of sp³-hybridized carbons (Fsp3) is 0.650. The molecule has 5 heteroatoms. The third kappa shape index (κ3) is 6.13. The van der Waals surface area contributed by atoms with Crippen LogP contribution < -0.4 is 5.32 Å². The Morgan fingerprint density at radius 2 is 1.96 bits per heavy atom. The highest BCUT2D eigenvalue weighted by Gasteiger charge is 2.34. The van der Waals surface area contributed by atoms with E-state index in [1.54, 1.807) is 0 Å². The van der Waals surface area contributed by atoms with Gasteiger partial charge in [-0.3, -0.25) is 4.99 Å². The quantitative estimate of drug-likeness (QED) is 0.404. The minimum Gasteiger partial charge on any atom is -0.357 e. The van der Waals surface area contributed by atoms with Crippen LogP contribution in [0, 0.1) is 12.8 Å². The standard InChI is InChI=1S/C20H32N4.HI/c1-4-21-20(23(3)14-17-7-5-16(2)6-8-17)22-13-18-11-12-24(15-18)19-9-10-19;/h5-8,18-19H,4,9-15H2,1-3H3,(H,21,22);1H. The maximum Gasteiger partial charge on any atom is 0.193 e. The average Bonchev–Trinajstić information content (AvgIpc) is 3.32. The molecule has 25 heavy (non-hydrogen) atoms. The van der Waals surface area contributed by atoms with Crippen LogP contribution in [0.15, 0.2) is 29.3 Å². The number of nitrogens with one attached hydrogen (secondary N) is 1. The Morgan fingerprint density at radius 3 is 2.60 bits per heavy atom. The van der Waals surface area contributed by atoms with E-state index in [2.05, 4.69) is 60.3 Å². The van der Waals surface area contributed by atoms with Crippen molar-refractivity contribution >= 4 is 29.9 Å². The third-order valence-corrected chi connectivity index (χ3v) is 5.12. The molecule has 1 saturated heterocycles. The van der Waals surface area contributed by atoms with E-state index in [9.17, 15) is 0 Å². The predicted octanol–water partition coefficient (Wildman–Crippen LogP) is 3.49. The molecular weight excluding hydrogens is 423 g/mol. The molecule has 1 N–H and O–H groups in total. The SMILES string of the molecule is CCNC(=NCC1CCN(C2CC2)C1)N(C)Cc1ccc(C)cc1.I. The Morgan fingerprint density at radius 1 is 1.24 bits per heavy atom. The number of likely N-dealkylation sites (tertiary alicyclic amines) is 1. The van der Waals surface area contributed by atoms with Gasteiger partial charge in [-0.2, -0.15) is 0 Å². The van der Waals surface area contributed by atoms with Crippen LogP contribution in [0.2, 0.25) is 0 Å². The number of aryl methyl sites for hydroxylation is 1. The number of nitrogens with zero attached hydrogens (tertiary/aromatic N) is 3. The minimum atomic E-state index is 0. The average molecular weight is 456 g/mol. The highest BCUT2D eigenvalue weighted by atomic mass is 127. The summed E-state index contributed by atoms with van der Waals surface area (Å²) >= 11 is 0. The molecule has 1 heterocycles. The summed E-state index contributed by atoms with van der Waals surface area (Å²) in [5.41, 5.74) is 2.64. The van der Waals surface area contributed by atoms with Crippen molar-refractivity contribution in [1.29, 1.82) is 0 Å². The van der Waals surface area contributed by atoms with Crippen molar-refractivity contribution in [2.75, 3.05) is 33.2 Å². The molecule has 1 unspecified atom stereocenters. The molecule has 1 aromatic rings. The van der Waals surface area contributed by atoms with Gasteiger partial charge in [0.15, 0.2) is 5.96 Å². The molecule has 1 aliphatic heterocycles. The second-order valence-electron chi connectivity index (χ2n) is 7.42. The molecule has 0 bridgehead atoms. The van der Waals surface area contributed by atoms with E-state index in [4.69, 9.17) is 4.99 Å². The second-order valence-corrected chi connectivity index (χ2v) is 7.42. The van der Waals surface area contributed by atoms with Crippen molar-refractivity contribution in [2.45, 2.75) is 45.7 Å². The van der Waals surface area contributed by atoms with E-state index in [-0.39, 0.29) is 24.0 Å². The fourth-order valence-corrected chi connectivity index (χ4v) is 3.51. The van der Waals surface area contributed by atoms with E-state index in [1.165, 1.54) is 43.5 Å². The van der Waals surface area contributed by atoms with E-state index in [0.29, 0.717) is 0 Å². The monoisotopic (exact) mass is 456 g/mol. The first-order chi connectivity index (χ1) is 11.7. The van der Waals surface area contributed by atoms with E-state index >= 15 is 0 Å². The van der Waals surface area contributed by atoms with Gasteiger partial charge in [-0.1, -0.05) is 29.8 Å². The summed E-state index contributed by atoms with van der Waals surface area (Å²) in [5.74, 6) is 1.76. The summed E-state index contributed by atoms with van der Waals surface area (Å²) in [6, 6.07) is 9.67. The maximum atomic E-state index is 4.93. The summed E-state index contributed by atoms with van der Waals surface area (Å²) in [7, 11) is 2.13. The number of halogens is 1. The molecular formula is C20H33IN4. The molecule has 1 atom stereocenters. The molecule has 0 spiro atoms. The van der Waals surface area contributed by atoms with Crippen LogP contribution in [-0.2, 0) is 6.54 Å². The summed E-state index contributed by atoms with van der Waals surface area (Å²) < 4.78 is 0. The summed E-state index contributed by atoms with van der Waals surface area (Å²) in [4.78, 5) is 9.84. The largest absolute Gasteiger partial charge is 0.357 e. The molecule has 2 aliphatic rings. The normalized spacial score (nSPS) is 21.1. The summed E-state index contributed by atoms with van der Waals surface area (Å²) in [6.07, 6.45) is 4.14. The lowest BCUT2D eigenvalue weighted by atomic mass is 10.1. The topological polar surface area (TPSA) is 30.9 Å². The lowest BCUT2D eigenvalue weighted by Crippen LogP contribution is -2.39. The van der Waals surface area contributed by atoms with Gasteiger partial charge in [0, 0.05) is 39.3 Å². The lowest BCUT2D eigenvalue weighted by molar-refractivity contribution is 0.315. The van der Waals surface area contributed by atoms with Crippen molar-refractivity contribution in [2.24, 2.45) is 10.9 Å². The molecule has 2 fully saturated rings. The Labute approximate surface area is 170 Å². The molecule has 4 nitrogen and oxygen atoms in total. The molecule has 1 saturated carbocycles. The van der Waals surface area contributed by atoms with Crippen molar-refractivity contribution in [1.82, 2.24) is 15.1 Å². The van der Waals surface area contributed by atoms with Crippen molar-refractivity contribution < 1.29 is 0 Å². The highest BCUT2D eigenvalue weighted by Crippen LogP contribution is 2.31. The number of aliphatic imine (C=N–C) groups is 1. The number of benzene rings is 1. The molecule has 1 aromatic carbocycles. The van der Waals surface area contributed by atoms with Crippen LogP contribution in [0.3, 0.4) is 0 Å². The lowest BCUT2D eigenvalue weighted by Gasteiger charge is -2.23. The minimum absolute atomic E-state index is 0. The van der Waals surface area contributed by atoms with Crippen LogP contribution in [0.1, 0.15) is 37.3 Å². The Hall–Kier alpha value is -0.820. The van der Waals surface area contributed by atoms with Crippen LogP contribution in [-0.4, -0.2) is 55.0 Å². The van der Waals surface area contributed by atoms with Crippen molar-refractivity contribution in [3.8, 4) is 0 Å². The first-order valence-corrected chi connectivity index (χ1v) is 9.44. The van der Waals surface area contributed by atoms with Crippen LogP contribution in [0.25, 0.3) is 0 Å². The van der Waals surface area contributed by atoms with Gasteiger partial charge in [-0.25, -0.2) is 0 Å². The zero-order valence-electron chi connectivity index (χ0n) is 15.9. The van der Waals surface area contributed by atoms with Crippen molar-refractivity contribution in [3.05, 3.63) is 35.4 Å². The zero-order chi connectivity index (χ0) is 16.9. The van der Waals surface area contributed by atoms with Crippen LogP contribution >= 0.6 is 24.0 Å². The zero-order valence-corrected chi connectivity index (χ0v) is 18.2. The molecule has 0 amide bonds. The fourth-order valence-electron chi connectivity index (χ4n) is 3.51. The van der Waals surface area contributed by atoms with Crippen LogP contribution in [0.5, 0.6) is 0 Å². The van der Waals surface area contributed by atoms with Gasteiger partial charge in [-0.15, -0.1) is 24.0 Å². The number of rotatable bonds is 6. The Bertz CT molecular complexity index is 553. The maximum absolute atomic E-state index is 4.93. The van der Waals surface area contributed by atoms with E-state index < -0.39 is 0 Å². The highest BCUT2D eigenvalue weighted by molar-refractivity contribution is 14.0. The van der Waals surface area contributed by atoms with Gasteiger partial charge < -0.3 is 15.1 Å². The molecule has 0 aromatic heterocycles. The van der Waals surface area contributed by atoms with Crippen LogP contribution in [0.4, 0.5) is 0 Å². The van der Waals surface area contributed by atoms with Crippen molar-refractivity contribution in [3.63, 3.8) is 0 Å². The van der Waals surface area contributed by atoms with Gasteiger partial charge in [-0.05, 0) is 51.1 Å². The van der Waals surface area contributed by atoms with E-state index in [1.807, 2.05) is 0 Å². The van der Waals surface area contributed by atoms with Gasteiger partial charge >= 0.3 is 0 Å². The second kappa shape index (κ2) is 9.76. The Balaban J connectivity index is 0.00000225. The summed E-state index contributed by atoms with van der Waals surface area (Å²) in [6.45, 7) is 9.55. The molecule has 140 valence electrons. The first kappa shape index (κ1) is 20.5. The number of hydrogen-bond acceptors (Lipinski definition) is 2. The molecule has 3 rings (SSSR count). The first-order valence-electron chi connectivity index (χ1n) is 9.44. The molecule has 1 aliphatic carbocycles. The smallest absolute Gasteiger partial charge is 0.193 e.